The first kappa shape index (κ1) is 93.3. The molecule has 0 saturated carbocycles. The normalized spacial score (nSPS) is 20.1. The lowest BCUT2D eigenvalue weighted by Gasteiger charge is -2.45. The van der Waals surface area contributed by atoms with Gasteiger partial charge in [0.25, 0.3) is 0 Å². The molecule has 0 aromatic carbocycles. The lowest BCUT2D eigenvalue weighted by Crippen LogP contribution is -2.65. The van der Waals surface area contributed by atoms with Gasteiger partial charge in [-0.1, -0.05) is 45.4 Å². The van der Waals surface area contributed by atoms with E-state index in [4.69, 9.17) is 42.6 Å². The van der Waals surface area contributed by atoms with Gasteiger partial charge in [0.05, 0.1) is 0 Å². The molecule has 7 amide bonds. The molecule has 2 aliphatic heterocycles. The number of carbonyl (C=O) groups excluding carboxylic acids is 13. The minimum absolute atomic E-state index is 0.0181. The number of alkyl carbamates (subject to hydrolysis) is 1. The van der Waals surface area contributed by atoms with E-state index in [1.807, 2.05) is 27.7 Å². The third-order valence-electron chi connectivity index (χ3n) is 15.1. The van der Waals surface area contributed by atoms with Crippen molar-refractivity contribution in [3.63, 3.8) is 0 Å². The predicted octanol–water partition coefficient (Wildman–Crippen LogP) is 7.13. The van der Waals surface area contributed by atoms with E-state index in [9.17, 15) is 75.5 Å². The van der Waals surface area contributed by atoms with Crippen LogP contribution in [0, 0.1) is 5.92 Å². The topological polar surface area (TPSA) is 389 Å². The van der Waals surface area contributed by atoms with Gasteiger partial charge < -0.3 is 79.8 Å². The maximum absolute atomic E-state index is 12.2. The summed E-state index contributed by atoms with van der Waals surface area (Å²) in [6, 6.07) is -0.864. The zero-order valence-electron chi connectivity index (χ0n) is 61.3. The largest absolute Gasteiger partial charge is 0.471 e. The third kappa shape index (κ3) is 46.8. The van der Waals surface area contributed by atoms with E-state index in [-0.39, 0.29) is 61.2 Å². The summed E-state index contributed by atoms with van der Waals surface area (Å²) >= 11 is 2.92. The molecule has 0 bridgehead atoms. The highest BCUT2D eigenvalue weighted by molar-refractivity contribution is 8.00. The highest BCUT2D eigenvalue weighted by atomic mass is 32.2. The molecule has 0 aliphatic carbocycles. The van der Waals surface area contributed by atoms with Crippen LogP contribution in [0.5, 0.6) is 0 Å². The summed E-state index contributed by atoms with van der Waals surface area (Å²) in [4.78, 5) is 153. The van der Waals surface area contributed by atoms with E-state index >= 15 is 0 Å². The van der Waals surface area contributed by atoms with Crippen LogP contribution < -0.4 is 37.2 Å². The first-order chi connectivity index (χ1) is 48.1. The number of nitrogens with one attached hydrogen (secondary N) is 7. The first-order valence-electron chi connectivity index (χ1n) is 35.2. The van der Waals surface area contributed by atoms with Gasteiger partial charge in [-0.25, -0.2) is 4.79 Å². The molecule has 2 rings (SSSR count). The zero-order valence-corrected chi connectivity index (χ0v) is 63.0. The minimum atomic E-state index is -4.90. The Morgan fingerprint density at radius 3 is 1.07 bits per heavy atom. The molecule has 2 heterocycles. The number of thioether (sulfide) groups is 2. The van der Waals surface area contributed by atoms with Gasteiger partial charge in [-0.05, 0) is 109 Å². The van der Waals surface area contributed by atoms with E-state index < -0.39 is 114 Å². The lowest BCUT2D eigenvalue weighted by molar-refractivity contribution is -0.217. The number of carbonyl (C=O) groups is 13. The van der Waals surface area contributed by atoms with Gasteiger partial charge in [-0.2, -0.15) is 13.2 Å². The fourth-order valence-electron chi connectivity index (χ4n) is 10.3. The molecule has 2 fully saturated rings. The van der Waals surface area contributed by atoms with Crippen molar-refractivity contribution in [3.8, 4) is 0 Å². The quantitative estimate of drug-likeness (QED) is 0.0181. The Hall–Kier alpha value is -6.68. The zero-order chi connectivity index (χ0) is 76.6. The summed E-state index contributed by atoms with van der Waals surface area (Å²) in [5, 5.41) is 18.8. The van der Waals surface area contributed by atoms with Crippen LogP contribution in [-0.4, -0.2) is 207 Å². The molecule has 10 atom stereocenters. The van der Waals surface area contributed by atoms with Gasteiger partial charge in [-0.15, -0.1) is 23.5 Å². The van der Waals surface area contributed by atoms with Crippen LogP contribution in [0.15, 0.2) is 0 Å². The van der Waals surface area contributed by atoms with Crippen LogP contribution in [0.1, 0.15) is 217 Å². The molecule has 7 N–H and O–H groups in total. The van der Waals surface area contributed by atoms with Crippen molar-refractivity contribution < 1.29 is 118 Å². The van der Waals surface area contributed by atoms with Crippen molar-refractivity contribution in [2.45, 2.75) is 283 Å². The lowest BCUT2D eigenvalue weighted by atomic mass is 9.93. The average Bonchev–Trinajstić information content (AvgIpc) is 0.800. The van der Waals surface area contributed by atoms with Crippen LogP contribution >= 0.6 is 23.5 Å². The maximum atomic E-state index is 12.2. The van der Waals surface area contributed by atoms with E-state index in [1.165, 1.54) is 60.2 Å². The molecular formula is C68H114F3N7O22S2. The smallest absolute Gasteiger partial charge is 0.463 e. The van der Waals surface area contributed by atoms with Crippen LogP contribution in [-0.2, 0) is 100 Å². The number of hydrogen-bond acceptors (Lipinski definition) is 24. The second kappa shape index (κ2) is 53.1. The molecule has 0 aromatic heterocycles. The molecule has 4 unspecified atom stereocenters. The second-order valence-corrected chi connectivity index (χ2v) is 28.2. The van der Waals surface area contributed by atoms with Gasteiger partial charge >= 0.3 is 54.0 Å². The third-order valence-corrected chi connectivity index (χ3v) is 17.8. The van der Waals surface area contributed by atoms with Crippen LogP contribution in [0.2, 0.25) is 0 Å². The standard InChI is InChI=1S/C35H61N3O11S.C33H53F3N4O11S/c1-24-31(46-26(3)40)32(47-27(4)41)28(23-45-25(2)39)48-33(24)50-22-16-10-15-20-37-30(43)17-11-8-13-19-36-29(42)18-12-9-14-21-38-34(44)49-35(5,6)7;1-21(41)40-28-30(50-24(4)44)29(49-23(3)43)25(20-48-22(2)42)51-31(28)52-19-13-7-12-17-38-27(46)14-8-5-10-16-37-26(45)15-9-6-11-18-39-32(47)33(34,35)36/h24,28,31-33H,8-23H2,1-7H3,(H,36,42)(H,37,43)(H,38,44);25,28-31H,5-20H2,1-4H3,(H,37,45)(H,38,46)(H,39,47)(H,40,41)/t24?,28?,31-,32+,33+;25?,28?,29-,30+,31-/m10/s1. The SMILES string of the molecule is CC(=O)NC1[C@@H](OC(C)=O)[C@@H](OC(C)=O)C(COC(C)=O)O[C@H]1SCCCCCNC(=O)CCCCCNC(=O)CCCCCNC(=O)C(F)(F)F.CC(=O)OCC1O[C@@H](SCCCCCNC(=O)CCCCCNC(=O)CCCCCNC(=O)OC(C)(C)C)C(C)[C@@H](OC(C)=O)[C@H]1OC(C)=O. The summed E-state index contributed by atoms with van der Waals surface area (Å²) in [5.41, 5.74) is -1.61. The van der Waals surface area contributed by atoms with Gasteiger partial charge in [0.2, 0.25) is 29.5 Å². The van der Waals surface area contributed by atoms with Crippen molar-refractivity contribution in [1.29, 1.82) is 0 Å². The Labute approximate surface area is 606 Å². The Bertz CT molecular complexity index is 2590. The second-order valence-electron chi connectivity index (χ2n) is 25.8. The number of halogens is 3. The van der Waals surface area contributed by atoms with Gasteiger partial charge in [0, 0.05) is 119 Å². The summed E-state index contributed by atoms with van der Waals surface area (Å²) in [6.07, 6.45) is 3.65. The maximum Gasteiger partial charge on any atom is 0.471 e. The number of alkyl halides is 3. The number of esters is 6. The molecule has 29 nitrogen and oxygen atoms in total. The Balaban J connectivity index is 0.00000102. The van der Waals surface area contributed by atoms with E-state index in [2.05, 4.69) is 31.9 Å². The monoisotopic (exact) mass is 1500 g/mol. The van der Waals surface area contributed by atoms with Crippen LogP contribution in [0.25, 0.3) is 0 Å². The highest BCUT2D eigenvalue weighted by Gasteiger charge is 2.51. The fourth-order valence-corrected chi connectivity index (χ4v) is 12.9. The minimum Gasteiger partial charge on any atom is -0.463 e. The molecule has 0 aromatic rings. The number of unbranched alkanes of at least 4 members (excludes halogenated alkanes) is 12. The predicted molar refractivity (Wildman–Crippen MR) is 371 cm³/mol. The number of amides is 7. The first-order valence-corrected chi connectivity index (χ1v) is 37.3. The Kier molecular flexibility index (Phi) is 48.6. The molecule has 0 radical (unpaired) electrons. The molecular weight excluding hydrogens is 1390 g/mol. The van der Waals surface area contributed by atoms with E-state index in [1.54, 1.807) is 17.1 Å². The number of ether oxygens (including phenoxy) is 9. The Morgan fingerprint density at radius 2 is 0.716 bits per heavy atom. The Morgan fingerprint density at radius 1 is 0.392 bits per heavy atom. The molecule has 2 saturated heterocycles. The summed E-state index contributed by atoms with van der Waals surface area (Å²) in [5.74, 6) is -4.98. The molecule has 2 aliphatic rings. The van der Waals surface area contributed by atoms with Gasteiger partial charge in [-0.3, -0.25) is 57.5 Å². The summed E-state index contributed by atoms with van der Waals surface area (Å²) in [6.45, 7) is 18.2. The van der Waals surface area contributed by atoms with Crippen molar-refractivity contribution in [2.24, 2.45) is 5.92 Å². The van der Waals surface area contributed by atoms with Crippen LogP contribution in [0.4, 0.5) is 18.0 Å². The number of hydrogen-bond donors (Lipinski definition) is 7. The van der Waals surface area contributed by atoms with Crippen molar-refractivity contribution in [1.82, 2.24) is 37.2 Å². The van der Waals surface area contributed by atoms with Crippen molar-refractivity contribution in [2.75, 3.05) is 64.0 Å². The number of rotatable bonds is 47. The van der Waals surface area contributed by atoms with Crippen molar-refractivity contribution in [3.05, 3.63) is 0 Å². The highest BCUT2D eigenvalue weighted by Crippen LogP contribution is 2.37. The van der Waals surface area contributed by atoms with Gasteiger partial charge in [0.1, 0.15) is 54.0 Å². The molecule has 0 spiro atoms. The average molecular weight is 1500 g/mol. The summed E-state index contributed by atoms with van der Waals surface area (Å²) in [7, 11) is 0. The van der Waals surface area contributed by atoms with E-state index in [0.717, 1.165) is 89.2 Å². The van der Waals surface area contributed by atoms with Crippen molar-refractivity contribution >= 4 is 101 Å². The molecule has 34 heteroatoms. The van der Waals surface area contributed by atoms with Gasteiger partial charge in [0.15, 0.2) is 18.3 Å². The molecule has 586 valence electrons. The summed E-state index contributed by atoms with van der Waals surface area (Å²) < 4.78 is 86.0. The van der Waals surface area contributed by atoms with Crippen LogP contribution in [0.3, 0.4) is 0 Å². The van der Waals surface area contributed by atoms with E-state index in [0.29, 0.717) is 89.8 Å². The fraction of sp³-hybridized carbons (Fsp3) is 0.809. The molecule has 102 heavy (non-hydrogen) atoms.